The molecule has 0 unspecified atom stereocenters. The quantitative estimate of drug-likeness (QED) is 0.870. The van der Waals surface area contributed by atoms with Crippen molar-refractivity contribution in [1.29, 1.82) is 0 Å². The maximum atomic E-state index is 12.8. The van der Waals surface area contributed by atoms with E-state index in [1.807, 2.05) is 10.8 Å². The van der Waals surface area contributed by atoms with Crippen LogP contribution >= 0.6 is 0 Å². The van der Waals surface area contributed by atoms with Crippen LogP contribution in [0.1, 0.15) is 50.1 Å². The standard InChI is InChI=1S/C18H23N5O/c24-18(14-4-1-2-5-14)22-10-3-6-15(12-22)16-17(21-8-7-20-16)23-11-9-19-13-23/h7-9,11,13-15H,1-6,10,12H2/t15-/m1/s1. The van der Waals surface area contributed by atoms with E-state index in [1.165, 1.54) is 12.8 Å². The Morgan fingerprint density at radius 3 is 2.67 bits per heavy atom. The number of imidazole rings is 1. The van der Waals surface area contributed by atoms with Gasteiger partial charge in [0.05, 0.1) is 5.69 Å². The molecule has 2 aromatic rings. The Kier molecular flexibility index (Phi) is 4.28. The van der Waals surface area contributed by atoms with Gasteiger partial charge in [-0.1, -0.05) is 12.8 Å². The Bertz CT molecular complexity index is 693. The van der Waals surface area contributed by atoms with E-state index in [4.69, 9.17) is 0 Å². The van der Waals surface area contributed by atoms with Gasteiger partial charge in [0.1, 0.15) is 6.33 Å². The van der Waals surface area contributed by atoms with Gasteiger partial charge in [0.2, 0.25) is 5.91 Å². The van der Waals surface area contributed by atoms with Crippen LogP contribution in [0, 0.1) is 5.92 Å². The van der Waals surface area contributed by atoms with Gasteiger partial charge in [-0.15, -0.1) is 0 Å². The maximum absolute atomic E-state index is 12.8. The molecule has 3 heterocycles. The number of aromatic nitrogens is 4. The lowest BCUT2D eigenvalue weighted by molar-refractivity contribution is -0.136. The fourth-order valence-corrected chi connectivity index (χ4v) is 4.04. The number of likely N-dealkylation sites (tertiary alicyclic amines) is 1. The largest absolute Gasteiger partial charge is 0.342 e. The zero-order valence-corrected chi connectivity index (χ0v) is 13.8. The molecule has 0 spiro atoms. The van der Waals surface area contributed by atoms with Crippen LogP contribution in [0.15, 0.2) is 31.1 Å². The molecule has 0 radical (unpaired) electrons. The Labute approximate surface area is 141 Å². The van der Waals surface area contributed by atoms with Crippen molar-refractivity contribution in [1.82, 2.24) is 24.4 Å². The van der Waals surface area contributed by atoms with E-state index in [0.717, 1.165) is 50.3 Å². The highest BCUT2D eigenvalue weighted by Gasteiger charge is 2.32. The van der Waals surface area contributed by atoms with E-state index in [-0.39, 0.29) is 11.8 Å². The summed E-state index contributed by atoms with van der Waals surface area (Å²) in [5.41, 5.74) is 0.972. The highest BCUT2D eigenvalue weighted by atomic mass is 16.2. The van der Waals surface area contributed by atoms with Crippen molar-refractivity contribution in [2.75, 3.05) is 13.1 Å². The fourth-order valence-electron chi connectivity index (χ4n) is 4.04. The molecule has 6 heteroatoms. The highest BCUT2D eigenvalue weighted by molar-refractivity contribution is 5.79. The number of piperidine rings is 1. The highest BCUT2D eigenvalue weighted by Crippen LogP contribution is 2.32. The summed E-state index contributed by atoms with van der Waals surface area (Å²) in [5, 5.41) is 0. The van der Waals surface area contributed by atoms with Crippen molar-refractivity contribution in [2.45, 2.75) is 44.4 Å². The molecular formula is C18H23N5O. The first-order chi connectivity index (χ1) is 11.8. The van der Waals surface area contributed by atoms with E-state index in [1.54, 1.807) is 24.9 Å². The van der Waals surface area contributed by atoms with Gasteiger partial charge in [0, 0.05) is 49.7 Å². The fraction of sp³-hybridized carbons (Fsp3) is 0.556. The van der Waals surface area contributed by atoms with Crippen LogP contribution in [-0.2, 0) is 4.79 Å². The van der Waals surface area contributed by atoms with Gasteiger partial charge >= 0.3 is 0 Å². The third-order valence-corrected chi connectivity index (χ3v) is 5.28. The number of carbonyl (C=O) groups is 1. The van der Waals surface area contributed by atoms with E-state index in [2.05, 4.69) is 19.9 Å². The molecule has 2 fully saturated rings. The minimum atomic E-state index is 0.246. The smallest absolute Gasteiger partial charge is 0.225 e. The summed E-state index contributed by atoms with van der Waals surface area (Å²) in [5.74, 6) is 1.68. The van der Waals surface area contributed by atoms with Crippen molar-refractivity contribution in [2.24, 2.45) is 5.92 Å². The Hall–Kier alpha value is -2.24. The first kappa shape index (κ1) is 15.3. The van der Waals surface area contributed by atoms with Gasteiger partial charge in [-0.3, -0.25) is 14.3 Å². The molecule has 6 nitrogen and oxygen atoms in total. The van der Waals surface area contributed by atoms with Crippen molar-refractivity contribution in [3.05, 3.63) is 36.8 Å². The van der Waals surface area contributed by atoms with Crippen molar-refractivity contribution >= 4 is 5.91 Å². The summed E-state index contributed by atoms with van der Waals surface area (Å²) < 4.78 is 1.90. The van der Waals surface area contributed by atoms with E-state index < -0.39 is 0 Å². The molecule has 1 amide bonds. The molecule has 1 aliphatic carbocycles. The number of hydrogen-bond donors (Lipinski definition) is 0. The van der Waals surface area contributed by atoms with Crippen molar-refractivity contribution in [3.63, 3.8) is 0 Å². The Morgan fingerprint density at radius 2 is 1.88 bits per heavy atom. The number of hydrogen-bond acceptors (Lipinski definition) is 4. The summed E-state index contributed by atoms with van der Waals surface area (Å²) in [6.45, 7) is 1.64. The second kappa shape index (κ2) is 6.71. The lowest BCUT2D eigenvalue weighted by atomic mass is 9.93. The average molecular weight is 325 g/mol. The normalized spacial score (nSPS) is 22.0. The molecule has 2 aliphatic rings. The molecule has 0 N–H and O–H groups in total. The van der Waals surface area contributed by atoms with Gasteiger partial charge < -0.3 is 4.90 Å². The average Bonchev–Trinajstić information content (AvgIpc) is 3.35. The molecule has 24 heavy (non-hydrogen) atoms. The topological polar surface area (TPSA) is 63.9 Å². The molecule has 1 saturated carbocycles. The number of nitrogens with zero attached hydrogens (tertiary/aromatic N) is 5. The molecule has 1 saturated heterocycles. The van der Waals surface area contributed by atoms with E-state index in [9.17, 15) is 4.79 Å². The third-order valence-electron chi connectivity index (χ3n) is 5.28. The molecule has 0 bridgehead atoms. The molecule has 126 valence electrons. The summed E-state index contributed by atoms with van der Waals surface area (Å²) in [6.07, 6.45) is 15.4. The summed E-state index contributed by atoms with van der Waals surface area (Å²) in [4.78, 5) is 28.0. The molecule has 0 aromatic carbocycles. The number of amides is 1. The maximum Gasteiger partial charge on any atom is 0.225 e. The predicted octanol–water partition coefficient (Wildman–Crippen LogP) is 2.56. The monoisotopic (exact) mass is 325 g/mol. The Balaban J connectivity index is 1.55. The first-order valence-electron chi connectivity index (χ1n) is 8.91. The number of carbonyl (C=O) groups excluding carboxylic acids is 1. The summed E-state index contributed by atoms with van der Waals surface area (Å²) >= 11 is 0. The van der Waals surface area contributed by atoms with E-state index in [0.29, 0.717) is 5.91 Å². The van der Waals surface area contributed by atoms with Gasteiger partial charge in [0.25, 0.3) is 0 Å². The van der Waals surface area contributed by atoms with Crippen LogP contribution in [0.2, 0.25) is 0 Å². The first-order valence-corrected chi connectivity index (χ1v) is 8.91. The zero-order chi connectivity index (χ0) is 16.4. The molecule has 1 atom stereocenters. The van der Waals surface area contributed by atoms with Gasteiger partial charge in [0.15, 0.2) is 5.82 Å². The SMILES string of the molecule is O=C(C1CCCC1)N1CCC[C@@H](c2nccnc2-n2ccnc2)C1. The Morgan fingerprint density at radius 1 is 1.04 bits per heavy atom. The zero-order valence-electron chi connectivity index (χ0n) is 13.8. The van der Waals surface area contributed by atoms with Gasteiger partial charge in [-0.05, 0) is 25.7 Å². The minimum Gasteiger partial charge on any atom is -0.342 e. The molecule has 2 aromatic heterocycles. The lowest BCUT2D eigenvalue weighted by Crippen LogP contribution is -2.42. The summed E-state index contributed by atoms with van der Waals surface area (Å²) in [6, 6.07) is 0. The lowest BCUT2D eigenvalue weighted by Gasteiger charge is -2.34. The second-order valence-electron chi connectivity index (χ2n) is 6.84. The van der Waals surface area contributed by atoms with Crippen LogP contribution < -0.4 is 0 Å². The van der Waals surface area contributed by atoms with Gasteiger partial charge in [-0.2, -0.15) is 0 Å². The van der Waals surface area contributed by atoms with Crippen LogP contribution in [0.25, 0.3) is 5.82 Å². The van der Waals surface area contributed by atoms with Gasteiger partial charge in [-0.25, -0.2) is 9.97 Å². The van der Waals surface area contributed by atoms with Crippen molar-refractivity contribution in [3.8, 4) is 5.82 Å². The van der Waals surface area contributed by atoms with Crippen LogP contribution in [-0.4, -0.2) is 43.4 Å². The number of rotatable bonds is 3. The summed E-state index contributed by atoms with van der Waals surface area (Å²) in [7, 11) is 0. The van der Waals surface area contributed by atoms with E-state index >= 15 is 0 Å². The molecular weight excluding hydrogens is 302 g/mol. The molecule has 4 rings (SSSR count). The third kappa shape index (κ3) is 2.92. The van der Waals surface area contributed by atoms with Crippen molar-refractivity contribution < 1.29 is 4.79 Å². The van der Waals surface area contributed by atoms with Crippen LogP contribution in [0.4, 0.5) is 0 Å². The van der Waals surface area contributed by atoms with Crippen LogP contribution in [0.5, 0.6) is 0 Å². The van der Waals surface area contributed by atoms with Crippen LogP contribution in [0.3, 0.4) is 0 Å². The second-order valence-corrected chi connectivity index (χ2v) is 6.84. The minimum absolute atomic E-state index is 0.246. The predicted molar refractivity (Wildman–Crippen MR) is 89.7 cm³/mol. The molecule has 1 aliphatic heterocycles.